The molecule has 0 saturated heterocycles. The molecule has 0 amide bonds. The van der Waals surface area contributed by atoms with Crippen LogP contribution in [0.5, 0.6) is 0 Å². The lowest BCUT2D eigenvalue weighted by molar-refractivity contribution is -0.137. The lowest BCUT2D eigenvalue weighted by Gasteiger charge is -2.32. The molecule has 0 aromatic heterocycles. The topological polar surface area (TPSA) is 35.5 Å². The maximum absolute atomic E-state index is 12.6. The predicted octanol–water partition coefficient (Wildman–Crippen LogP) is 0.788. The van der Waals surface area contributed by atoms with Crippen LogP contribution in [0.2, 0.25) is 0 Å². The molecule has 0 bridgehead atoms. The molecule has 0 radical (unpaired) electrons. The van der Waals surface area contributed by atoms with Crippen LogP contribution in [-0.4, -0.2) is 18.9 Å². The molecule has 0 spiro atoms. The third kappa shape index (κ3) is 3.52. The smallest absolute Gasteiger partial charge is 0.341 e. The average Bonchev–Trinajstić information content (AvgIpc) is 3.05. The van der Waals surface area contributed by atoms with Gasteiger partial charge in [0.1, 0.15) is 15.9 Å². The van der Waals surface area contributed by atoms with E-state index in [0.717, 1.165) is 15.9 Å². The normalized spacial score (nSPS) is 16.2. The number of benzene rings is 3. The van der Waals surface area contributed by atoms with Gasteiger partial charge in [-0.15, -0.1) is 0 Å². The number of hydrogen-bond donors (Lipinski definition) is 0. The van der Waals surface area contributed by atoms with Gasteiger partial charge in [-0.25, -0.2) is 4.79 Å². The summed E-state index contributed by atoms with van der Waals surface area (Å²) < 4.78 is 11.8. The van der Waals surface area contributed by atoms with E-state index in [1.54, 1.807) is 14.0 Å². The molecule has 3 nitrogen and oxygen atoms in total. The number of carbonyl (C=O) groups excluding carboxylic acids is 1. The van der Waals surface area contributed by atoms with Crippen molar-refractivity contribution in [2.24, 2.45) is 0 Å². The summed E-state index contributed by atoms with van der Waals surface area (Å²) in [7, 11) is -0.760. The summed E-state index contributed by atoms with van der Waals surface area (Å²) in [4.78, 5) is 12.6. The summed E-state index contributed by atoms with van der Waals surface area (Å²) in [6.07, 6.45) is 0. The Kier molecular flexibility index (Phi) is 6.56. The van der Waals surface area contributed by atoms with Crippen LogP contribution < -0.4 is 32.9 Å². The third-order valence-corrected chi connectivity index (χ3v) is 9.56. The van der Waals surface area contributed by atoms with Crippen LogP contribution >= 0.6 is 7.26 Å². The SMILES string of the molecule is COC1=C(C)C(=O)OC1[P+](c1ccccc1)(c1ccccc1)c1ccccc1.[Br-]. The molecule has 1 heterocycles. The Morgan fingerprint density at radius 2 is 1.14 bits per heavy atom. The predicted molar refractivity (Wildman–Crippen MR) is 115 cm³/mol. The van der Waals surface area contributed by atoms with Crippen molar-refractivity contribution in [1.82, 2.24) is 0 Å². The minimum absolute atomic E-state index is 0. The van der Waals surface area contributed by atoms with Crippen LogP contribution in [0.3, 0.4) is 0 Å². The molecule has 4 rings (SSSR count). The molecular formula is C24H22BrO3P. The molecule has 1 aliphatic rings. The summed E-state index contributed by atoms with van der Waals surface area (Å²) in [5.74, 6) is -0.180. The largest absolute Gasteiger partial charge is 1.00 e. The molecule has 1 unspecified atom stereocenters. The van der Waals surface area contributed by atoms with Gasteiger partial charge in [-0.3, -0.25) is 0 Å². The van der Waals surface area contributed by atoms with Crippen molar-refractivity contribution in [3.05, 3.63) is 102 Å². The first-order chi connectivity index (χ1) is 13.7. The van der Waals surface area contributed by atoms with Crippen LogP contribution in [-0.2, 0) is 14.3 Å². The zero-order valence-electron chi connectivity index (χ0n) is 16.3. The molecule has 0 aliphatic carbocycles. The molecule has 0 N–H and O–H groups in total. The van der Waals surface area contributed by atoms with Crippen LogP contribution in [0.4, 0.5) is 0 Å². The first kappa shape index (κ1) is 21.3. The molecule has 3 aromatic carbocycles. The van der Waals surface area contributed by atoms with Gasteiger partial charge in [0, 0.05) is 0 Å². The van der Waals surface area contributed by atoms with Crippen molar-refractivity contribution in [3.8, 4) is 0 Å². The number of methoxy groups -OCH3 is 1. The molecule has 1 atom stereocenters. The van der Waals surface area contributed by atoms with Gasteiger partial charge in [0.2, 0.25) is 0 Å². The molecule has 5 heteroatoms. The van der Waals surface area contributed by atoms with Crippen LogP contribution in [0.25, 0.3) is 0 Å². The molecular weight excluding hydrogens is 447 g/mol. The monoisotopic (exact) mass is 468 g/mol. The van der Waals surface area contributed by atoms with Crippen molar-refractivity contribution >= 4 is 29.1 Å². The van der Waals surface area contributed by atoms with Crippen molar-refractivity contribution in [1.29, 1.82) is 0 Å². The van der Waals surface area contributed by atoms with E-state index in [1.165, 1.54) is 0 Å². The van der Waals surface area contributed by atoms with Crippen LogP contribution in [0, 0.1) is 0 Å². The summed E-state index contributed by atoms with van der Waals surface area (Å²) >= 11 is 0. The second-order valence-corrected chi connectivity index (χ2v) is 10.1. The Labute approximate surface area is 182 Å². The molecule has 1 aliphatic heterocycles. The van der Waals surface area contributed by atoms with Crippen molar-refractivity contribution < 1.29 is 31.2 Å². The maximum Gasteiger partial charge on any atom is 0.341 e. The zero-order valence-corrected chi connectivity index (χ0v) is 18.8. The Hall–Kier alpha value is -2.42. The van der Waals surface area contributed by atoms with Crippen molar-refractivity contribution in [2.45, 2.75) is 12.8 Å². The van der Waals surface area contributed by atoms with E-state index in [-0.39, 0.29) is 23.0 Å². The Bertz CT molecular complexity index is 907. The van der Waals surface area contributed by atoms with Gasteiger partial charge in [0.25, 0.3) is 5.85 Å². The van der Waals surface area contributed by atoms with E-state index >= 15 is 0 Å². The number of esters is 1. The van der Waals surface area contributed by atoms with Crippen LogP contribution in [0.15, 0.2) is 102 Å². The number of ether oxygens (including phenoxy) is 2. The van der Waals surface area contributed by atoms with Crippen LogP contribution in [0.1, 0.15) is 6.92 Å². The summed E-state index contributed by atoms with van der Waals surface area (Å²) in [5.41, 5.74) is 0.541. The van der Waals surface area contributed by atoms with Gasteiger partial charge in [0.05, 0.1) is 12.7 Å². The number of rotatable bonds is 5. The highest BCUT2D eigenvalue weighted by Gasteiger charge is 2.60. The lowest BCUT2D eigenvalue weighted by Crippen LogP contribution is -3.00. The number of cyclic esters (lactones) is 1. The van der Waals surface area contributed by atoms with Crippen molar-refractivity contribution in [3.63, 3.8) is 0 Å². The fourth-order valence-corrected chi connectivity index (χ4v) is 8.42. The van der Waals surface area contributed by atoms with E-state index in [9.17, 15) is 4.79 Å². The molecule has 148 valence electrons. The highest BCUT2D eigenvalue weighted by Crippen LogP contribution is 2.63. The summed E-state index contributed by atoms with van der Waals surface area (Å²) in [6.45, 7) is 1.77. The number of hydrogen-bond acceptors (Lipinski definition) is 3. The van der Waals surface area contributed by atoms with Gasteiger partial charge in [-0.2, -0.15) is 0 Å². The fraction of sp³-hybridized carbons (Fsp3) is 0.125. The Morgan fingerprint density at radius 3 is 1.48 bits per heavy atom. The minimum atomic E-state index is -2.37. The molecule has 3 aromatic rings. The molecule has 29 heavy (non-hydrogen) atoms. The van der Waals surface area contributed by atoms with E-state index in [2.05, 4.69) is 36.4 Å². The first-order valence-electron chi connectivity index (χ1n) is 9.21. The summed E-state index contributed by atoms with van der Waals surface area (Å²) in [6, 6.07) is 31.0. The van der Waals surface area contributed by atoms with Gasteiger partial charge >= 0.3 is 5.97 Å². The standard InChI is InChI=1S/C24H22O3P.BrH/c1-18-22(26-2)24(27-23(18)25)28(19-12-6-3-7-13-19,20-14-8-4-9-15-20)21-16-10-5-11-17-21;/h3-17,24H,1-2H3;1H/q+1;/p-1. The Morgan fingerprint density at radius 1 is 0.759 bits per heavy atom. The highest BCUT2D eigenvalue weighted by molar-refractivity contribution is 7.96. The number of halogens is 1. The maximum atomic E-state index is 12.6. The zero-order chi connectivity index (χ0) is 19.6. The minimum Gasteiger partial charge on any atom is -1.00 e. The molecule has 0 saturated carbocycles. The van der Waals surface area contributed by atoms with Gasteiger partial charge in [-0.1, -0.05) is 54.6 Å². The second kappa shape index (κ2) is 8.94. The van der Waals surface area contributed by atoms with E-state index < -0.39 is 13.1 Å². The third-order valence-electron chi connectivity index (χ3n) is 5.18. The fourth-order valence-electron chi connectivity index (χ4n) is 3.88. The van der Waals surface area contributed by atoms with E-state index in [4.69, 9.17) is 9.47 Å². The first-order valence-corrected chi connectivity index (χ1v) is 11.1. The van der Waals surface area contributed by atoms with Gasteiger partial charge in [0.15, 0.2) is 13.0 Å². The van der Waals surface area contributed by atoms with E-state index in [1.807, 2.05) is 54.6 Å². The average molecular weight is 469 g/mol. The van der Waals surface area contributed by atoms with Gasteiger partial charge < -0.3 is 26.5 Å². The number of carbonyl (C=O) groups is 1. The molecule has 0 fully saturated rings. The lowest BCUT2D eigenvalue weighted by atomic mass is 10.3. The highest BCUT2D eigenvalue weighted by atomic mass is 79.9. The summed E-state index contributed by atoms with van der Waals surface area (Å²) in [5, 5.41) is 3.44. The van der Waals surface area contributed by atoms with E-state index in [0.29, 0.717) is 11.3 Å². The van der Waals surface area contributed by atoms with Gasteiger partial charge in [-0.05, 0) is 43.3 Å². The Balaban J connectivity index is 0.00000240. The second-order valence-electron chi connectivity index (χ2n) is 6.68. The quantitative estimate of drug-likeness (QED) is 0.410. The van der Waals surface area contributed by atoms with Crippen molar-refractivity contribution in [2.75, 3.05) is 7.11 Å².